The molecule has 1 aliphatic heterocycles. The SMILES string of the molecule is N#Cc1ccc(NCC2CC(F)(F)C(=O)O2)cc1Cl. The molecule has 0 radical (unpaired) electrons. The number of carbonyl (C=O) groups excluding carboxylic acids is 1. The molecule has 4 nitrogen and oxygen atoms in total. The van der Waals surface area contributed by atoms with E-state index in [-0.39, 0.29) is 11.6 Å². The molecule has 100 valence electrons. The predicted octanol–water partition coefficient (Wildman–Crippen LogP) is 2.57. The molecular weight excluding hydrogens is 278 g/mol. The van der Waals surface area contributed by atoms with Gasteiger partial charge in [-0.05, 0) is 18.2 Å². The Morgan fingerprint density at radius 2 is 2.32 bits per heavy atom. The third kappa shape index (κ3) is 2.93. The van der Waals surface area contributed by atoms with E-state index in [0.717, 1.165) is 0 Å². The van der Waals surface area contributed by atoms with Gasteiger partial charge in [0.25, 0.3) is 0 Å². The molecule has 1 aromatic rings. The van der Waals surface area contributed by atoms with Crippen LogP contribution in [0.3, 0.4) is 0 Å². The normalized spacial score (nSPS) is 20.7. The number of nitrogens with zero attached hydrogens (tertiary/aromatic N) is 1. The van der Waals surface area contributed by atoms with Gasteiger partial charge in [-0.1, -0.05) is 11.6 Å². The lowest BCUT2D eigenvalue weighted by molar-refractivity contribution is -0.158. The minimum atomic E-state index is -3.41. The molecule has 0 bridgehead atoms. The summed E-state index contributed by atoms with van der Waals surface area (Å²) in [4.78, 5) is 10.8. The summed E-state index contributed by atoms with van der Waals surface area (Å²) in [6, 6.07) is 6.53. The van der Waals surface area contributed by atoms with E-state index in [9.17, 15) is 13.6 Å². The van der Waals surface area contributed by atoms with Gasteiger partial charge >= 0.3 is 11.9 Å². The number of rotatable bonds is 3. The van der Waals surface area contributed by atoms with Crippen molar-refractivity contribution in [1.82, 2.24) is 0 Å². The van der Waals surface area contributed by atoms with Crippen LogP contribution in [0.5, 0.6) is 0 Å². The number of alkyl halides is 2. The second-order valence-corrected chi connectivity index (χ2v) is 4.53. The molecule has 7 heteroatoms. The summed E-state index contributed by atoms with van der Waals surface area (Å²) in [5.41, 5.74) is 0.890. The van der Waals surface area contributed by atoms with E-state index in [1.165, 1.54) is 12.1 Å². The number of anilines is 1. The third-order valence-electron chi connectivity index (χ3n) is 2.68. The van der Waals surface area contributed by atoms with Crippen molar-refractivity contribution in [2.24, 2.45) is 0 Å². The Morgan fingerprint density at radius 3 is 2.84 bits per heavy atom. The number of cyclic esters (lactones) is 1. The third-order valence-corrected chi connectivity index (χ3v) is 2.99. The van der Waals surface area contributed by atoms with Crippen molar-refractivity contribution in [1.29, 1.82) is 5.26 Å². The largest absolute Gasteiger partial charge is 0.456 e. The maximum absolute atomic E-state index is 12.9. The minimum Gasteiger partial charge on any atom is -0.456 e. The van der Waals surface area contributed by atoms with Gasteiger partial charge in [0.2, 0.25) is 0 Å². The molecule has 1 fully saturated rings. The molecular formula is C12H9ClF2N2O2. The molecule has 1 N–H and O–H groups in total. The van der Waals surface area contributed by atoms with Gasteiger partial charge in [-0.25, -0.2) is 4.79 Å². The zero-order valence-electron chi connectivity index (χ0n) is 9.62. The first kappa shape index (κ1) is 13.6. The first-order chi connectivity index (χ1) is 8.92. The molecule has 1 heterocycles. The molecule has 0 aromatic heterocycles. The van der Waals surface area contributed by atoms with E-state index >= 15 is 0 Å². The Bertz CT molecular complexity index is 557. The van der Waals surface area contributed by atoms with Gasteiger partial charge in [-0.3, -0.25) is 0 Å². The zero-order valence-corrected chi connectivity index (χ0v) is 10.4. The number of carbonyl (C=O) groups is 1. The number of nitriles is 1. The summed E-state index contributed by atoms with van der Waals surface area (Å²) in [6.45, 7) is 0.0591. The highest BCUT2D eigenvalue weighted by atomic mass is 35.5. The summed E-state index contributed by atoms with van der Waals surface area (Å²) < 4.78 is 30.4. The average molecular weight is 287 g/mol. The molecule has 0 amide bonds. The maximum atomic E-state index is 12.9. The van der Waals surface area contributed by atoms with Gasteiger partial charge in [0.15, 0.2) is 0 Å². The monoisotopic (exact) mass is 286 g/mol. The van der Waals surface area contributed by atoms with Crippen molar-refractivity contribution in [3.63, 3.8) is 0 Å². The Morgan fingerprint density at radius 1 is 1.58 bits per heavy atom. The molecule has 0 aliphatic carbocycles. The quantitative estimate of drug-likeness (QED) is 0.868. The van der Waals surface area contributed by atoms with Crippen LogP contribution < -0.4 is 5.32 Å². The molecule has 1 atom stereocenters. The number of nitrogens with one attached hydrogen (secondary N) is 1. The van der Waals surface area contributed by atoms with Gasteiger partial charge in [0.05, 0.1) is 23.6 Å². The number of hydrogen-bond acceptors (Lipinski definition) is 4. The first-order valence-electron chi connectivity index (χ1n) is 5.45. The summed E-state index contributed by atoms with van der Waals surface area (Å²) in [5, 5.41) is 11.8. The Hall–Kier alpha value is -1.87. The highest BCUT2D eigenvalue weighted by Gasteiger charge is 2.50. The van der Waals surface area contributed by atoms with Gasteiger partial charge in [0.1, 0.15) is 12.2 Å². The van der Waals surface area contributed by atoms with Crippen molar-refractivity contribution in [3.8, 4) is 6.07 Å². The number of benzene rings is 1. The molecule has 1 unspecified atom stereocenters. The number of halogens is 3. The van der Waals surface area contributed by atoms with Crippen LogP contribution in [0.25, 0.3) is 0 Å². The van der Waals surface area contributed by atoms with Crippen molar-refractivity contribution < 1.29 is 18.3 Å². The van der Waals surface area contributed by atoms with Crippen LogP contribution in [-0.4, -0.2) is 24.5 Å². The lowest BCUT2D eigenvalue weighted by Gasteiger charge is -2.11. The molecule has 1 aromatic carbocycles. The topological polar surface area (TPSA) is 62.1 Å². The van der Waals surface area contributed by atoms with Crippen LogP contribution in [0.4, 0.5) is 14.5 Å². The highest BCUT2D eigenvalue weighted by Crippen LogP contribution is 2.31. The lowest BCUT2D eigenvalue weighted by Crippen LogP contribution is -2.22. The first-order valence-corrected chi connectivity index (χ1v) is 5.82. The minimum absolute atomic E-state index is 0.0591. The predicted molar refractivity (Wildman–Crippen MR) is 64.1 cm³/mol. The zero-order chi connectivity index (χ0) is 14.0. The summed E-state index contributed by atoms with van der Waals surface area (Å²) >= 11 is 5.83. The van der Waals surface area contributed by atoms with Crippen molar-refractivity contribution in [2.45, 2.75) is 18.4 Å². The van der Waals surface area contributed by atoms with E-state index in [2.05, 4.69) is 10.1 Å². The van der Waals surface area contributed by atoms with Crippen molar-refractivity contribution in [3.05, 3.63) is 28.8 Å². The van der Waals surface area contributed by atoms with Crippen LogP contribution in [0.1, 0.15) is 12.0 Å². The fraction of sp³-hybridized carbons (Fsp3) is 0.333. The van der Waals surface area contributed by atoms with Gasteiger partial charge in [-0.2, -0.15) is 14.0 Å². The summed E-state index contributed by atoms with van der Waals surface area (Å²) in [7, 11) is 0. The number of ether oxygens (including phenoxy) is 1. The molecule has 0 spiro atoms. The lowest BCUT2D eigenvalue weighted by atomic mass is 10.2. The molecule has 0 saturated carbocycles. The van der Waals surface area contributed by atoms with Crippen LogP contribution in [0.2, 0.25) is 5.02 Å². The standard InChI is InChI=1S/C12H9ClF2N2O2/c13-10-3-8(2-1-7(10)5-16)17-6-9-4-12(14,15)11(18)19-9/h1-3,9,17H,4,6H2. The Balaban J connectivity index is 1.96. The van der Waals surface area contributed by atoms with E-state index in [4.69, 9.17) is 16.9 Å². The summed E-state index contributed by atoms with van der Waals surface area (Å²) in [5.74, 6) is -4.90. The van der Waals surface area contributed by atoms with E-state index in [1.54, 1.807) is 6.07 Å². The van der Waals surface area contributed by atoms with Crippen LogP contribution in [-0.2, 0) is 9.53 Å². The fourth-order valence-electron chi connectivity index (χ4n) is 1.71. The van der Waals surface area contributed by atoms with E-state index < -0.39 is 24.4 Å². The molecule has 1 aliphatic rings. The highest BCUT2D eigenvalue weighted by molar-refractivity contribution is 6.32. The molecule has 1 saturated heterocycles. The maximum Gasteiger partial charge on any atom is 0.377 e. The molecule has 19 heavy (non-hydrogen) atoms. The van der Waals surface area contributed by atoms with Gasteiger partial charge in [-0.15, -0.1) is 0 Å². The smallest absolute Gasteiger partial charge is 0.377 e. The van der Waals surface area contributed by atoms with E-state index in [1.807, 2.05) is 6.07 Å². The van der Waals surface area contributed by atoms with Crippen molar-refractivity contribution >= 4 is 23.3 Å². The Kier molecular flexibility index (Phi) is 3.58. The average Bonchev–Trinajstić information content (AvgIpc) is 2.61. The van der Waals surface area contributed by atoms with E-state index in [0.29, 0.717) is 11.3 Å². The second-order valence-electron chi connectivity index (χ2n) is 4.12. The number of hydrogen-bond donors (Lipinski definition) is 1. The van der Waals surface area contributed by atoms with Gasteiger partial charge in [0, 0.05) is 5.69 Å². The van der Waals surface area contributed by atoms with Crippen molar-refractivity contribution in [2.75, 3.05) is 11.9 Å². The van der Waals surface area contributed by atoms with Crippen LogP contribution >= 0.6 is 11.6 Å². The second kappa shape index (κ2) is 5.02. The fourth-order valence-corrected chi connectivity index (χ4v) is 1.93. The van der Waals surface area contributed by atoms with Crippen LogP contribution in [0, 0.1) is 11.3 Å². The number of esters is 1. The summed E-state index contributed by atoms with van der Waals surface area (Å²) in [6.07, 6.45) is -1.51. The van der Waals surface area contributed by atoms with Crippen LogP contribution in [0.15, 0.2) is 18.2 Å². The molecule has 2 rings (SSSR count). The van der Waals surface area contributed by atoms with Gasteiger partial charge < -0.3 is 10.1 Å². The Labute approximate surface area is 112 Å².